The first-order valence-electron chi connectivity index (χ1n) is 9.67. The molecule has 31 heavy (non-hydrogen) atoms. The molecule has 6 heteroatoms. The van der Waals surface area contributed by atoms with Crippen LogP contribution in [0.4, 0.5) is 4.39 Å². The molecule has 0 amide bonds. The number of halogens is 1. The molecule has 1 aliphatic rings. The van der Waals surface area contributed by atoms with E-state index in [0.717, 1.165) is 5.56 Å². The van der Waals surface area contributed by atoms with E-state index in [1.165, 1.54) is 6.07 Å². The summed E-state index contributed by atoms with van der Waals surface area (Å²) in [6.45, 7) is 1.89. The Labute approximate surface area is 179 Å². The second-order valence-corrected chi connectivity index (χ2v) is 7.04. The first-order valence-corrected chi connectivity index (χ1v) is 9.67. The Morgan fingerprint density at radius 1 is 1.00 bits per heavy atom. The van der Waals surface area contributed by atoms with Crippen LogP contribution in [0.15, 0.2) is 60.4 Å². The van der Waals surface area contributed by atoms with Crippen molar-refractivity contribution in [2.45, 2.75) is 13.5 Å². The number of aryl methyl sites for hydroxylation is 1. The predicted molar refractivity (Wildman–Crippen MR) is 114 cm³/mol. The lowest BCUT2D eigenvalue weighted by Crippen LogP contribution is -2.01. The number of allylic oxidation sites excluding steroid dienone is 1. The molecule has 0 spiro atoms. The molecule has 0 saturated heterocycles. The first kappa shape index (κ1) is 20.5. The molecule has 0 fully saturated rings. The van der Waals surface area contributed by atoms with E-state index in [1.807, 2.05) is 6.92 Å². The molecule has 0 aliphatic carbocycles. The number of rotatable bonds is 6. The fraction of sp³-hybridized carbons (Fsp3) is 0.160. The van der Waals surface area contributed by atoms with Crippen molar-refractivity contribution >= 4 is 11.9 Å². The van der Waals surface area contributed by atoms with Crippen molar-refractivity contribution in [3.8, 4) is 23.0 Å². The van der Waals surface area contributed by atoms with E-state index in [4.69, 9.17) is 18.9 Å². The van der Waals surface area contributed by atoms with Crippen molar-refractivity contribution in [3.63, 3.8) is 0 Å². The predicted octanol–water partition coefficient (Wildman–Crippen LogP) is 5.35. The number of fused-ring (bicyclic) bond motifs is 1. The SMILES string of the molecule is COc1ccc(/C=C2\Oc3cc(OCc4ccccc4F)cc(C)c3C2=O)c(OC)c1. The minimum absolute atomic E-state index is 0.0740. The topological polar surface area (TPSA) is 54.0 Å². The highest BCUT2D eigenvalue weighted by Gasteiger charge is 2.30. The molecule has 0 saturated carbocycles. The molecule has 1 heterocycles. The zero-order valence-electron chi connectivity index (χ0n) is 17.4. The normalized spacial score (nSPS) is 13.7. The maximum Gasteiger partial charge on any atom is 0.232 e. The van der Waals surface area contributed by atoms with Gasteiger partial charge in [0.05, 0.1) is 19.8 Å². The van der Waals surface area contributed by atoms with Gasteiger partial charge in [0, 0.05) is 23.3 Å². The third-order valence-electron chi connectivity index (χ3n) is 5.02. The number of benzene rings is 3. The van der Waals surface area contributed by atoms with Crippen LogP contribution in [0.5, 0.6) is 23.0 Å². The summed E-state index contributed by atoms with van der Waals surface area (Å²) in [5.41, 5.74) is 2.34. The Bertz CT molecular complexity index is 1180. The summed E-state index contributed by atoms with van der Waals surface area (Å²) < 4.78 is 36.0. The molecule has 3 aromatic rings. The Hall–Kier alpha value is -3.80. The van der Waals surface area contributed by atoms with Gasteiger partial charge < -0.3 is 18.9 Å². The van der Waals surface area contributed by atoms with Gasteiger partial charge in [-0.1, -0.05) is 18.2 Å². The highest BCUT2D eigenvalue weighted by atomic mass is 19.1. The molecule has 5 nitrogen and oxygen atoms in total. The Kier molecular flexibility index (Phi) is 5.62. The van der Waals surface area contributed by atoms with Gasteiger partial charge in [0.1, 0.15) is 35.4 Å². The van der Waals surface area contributed by atoms with Gasteiger partial charge in [0.2, 0.25) is 5.78 Å². The molecule has 158 valence electrons. The third kappa shape index (κ3) is 4.10. The minimum atomic E-state index is -0.328. The molecule has 0 bridgehead atoms. The maximum atomic E-state index is 13.8. The summed E-state index contributed by atoms with van der Waals surface area (Å²) in [5.74, 6) is 1.76. The van der Waals surface area contributed by atoms with Gasteiger partial charge in [0.15, 0.2) is 5.76 Å². The Morgan fingerprint density at radius 2 is 1.81 bits per heavy atom. The van der Waals surface area contributed by atoms with Gasteiger partial charge >= 0.3 is 0 Å². The third-order valence-corrected chi connectivity index (χ3v) is 5.02. The van der Waals surface area contributed by atoms with Crippen LogP contribution in [0, 0.1) is 12.7 Å². The summed E-state index contributed by atoms with van der Waals surface area (Å²) in [6, 6.07) is 15.1. The molecule has 0 aromatic heterocycles. The van der Waals surface area contributed by atoms with Crippen LogP contribution in [-0.2, 0) is 6.61 Å². The van der Waals surface area contributed by atoms with Crippen LogP contribution < -0.4 is 18.9 Å². The average molecular weight is 420 g/mol. The number of methoxy groups -OCH3 is 2. The molecule has 3 aromatic carbocycles. The average Bonchev–Trinajstić information content (AvgIpc) is 3.09. The van der Waals surface area contributed by atoms with Crippen molar-refractivity contribution in [1.82, 2.24) is 0 Å². The fourth-order valence-corrected chi connectivity index (χ4v) is 3.42. The minimum Gasteiger partial charge on any atom is -0.497 e. The monoisotopic (exact) mass is 420 g/mol. The number of Topliss-reactive ketones (excluding diaryl/α,β-unsaturated/α-hetero) is 1. The van der Waals surface area contributed by atoms with Gasteiger partial charge in [-0.2, -0.15) is 0 Å². The van der Waals surface area contributed by atoms with Gasteiger partial charge in [-0.25, -0.2) is 4.39 Å². The number of hydrogen-bond acceptors (Lipinski definition) is 5. The number of carbonyl (C=O) groups excluding carboxylic acids is 1. The van der Waals surface area contributed by atoms with E-state index in [0.29, 0.717) is 39.7 Å². The zero-order chi connectivity index (χ0) is 22.0. The van der Waals surface area contributed by atoms with Crippen LogP contribution in [0.1, 0.15) is 27.0 Å². The lowest BCUT2D eigenvalue weighted by Gasteiger charge is -2.10. The molecular weight excluding hydrogens is 399 g/mol. The standard InChI is InChI=1S/C25H21FO5/c1-15-10-19(30-14-17-6-4-5-7-20(17)26)13-22-24(15)25(27)23(31-22)11-16-8-9-18(28-2)12-21(16)29-3/h4-13H,14H2,1-3H3/b23-11-. The van der Waals surface area contributed by atoms with E-state index in [-0.39, 0.29) is 24.0 Å². The van der Waals surface area contributed by atoms with Crippen LogP contribution in [-0.4, -0.2) is 20.0 Å². The van der Waals surface area contributed by atoms with E-state index >= 15 is 0 Å². The molecule has 0 N–H and O–H groups in total. The van der Waals surface area contributed by atoms with E-state index in [9.17, 15) is 9.18 Å². The van der Waals surface area contributed by atoms with Crippen molar-refractivity contribution in [3.05, 3.63) is 88.4 Å². The fourth-order valence-electron chi connectivity index (χ4n) is 3.42. The number of carbonyl (C=O) groups is 1. The quantitative estimate of drug-likeness (QED) is 0.504. The largest absolute Gasteiger partial charge is 0.497 e. The summed E-state index contributed by atoms with van der Waals surface area (Å²) in [5, 5.41) is 0. The highest BCUT2D eigenvalue weighted by molar-refractivity contribution is 6.15. The number of ketones is 1. The Balaban J connectivity index is 1.60. The zero-order valence-corrected chi connectivity index (χ0v) is 17.4. The molecule has 0 atom stereocenters. The highest BCUT2D eigenvalue weighted by Crippen LogP contribution is 2.38. The van der Waals surface area contributed by atoms with Crippen LogP contribution in [0.25, 0.3) is 6.08 Å². The van der Waals surface area contributed by atoms with Crippen molar-refractivity contribution in [1.29, 1.82) is 0 Å². The van der Waals surface area contributed by atoms with Gasteiger partial charge in [-0.15, -0.1) is 0 Å². The summed E-state index contributed by atoms with van der Waals surface area (Å²) >= 11 is 0. The molecule has 0 unspecified atom stereocenters. The smallest absolute Gasteiger partial charge is 0.232 e. The summed E-state index contributed by atoms with van der Waals surface area (Å²) in [4.78, 5) is 12.9. The van der Waals surface area contributed by atoms with Crippen molar-refractivity contribution in [2.24, 2.45) is 0 Å². The van der Waals surface area contributed by atoms with Crippen LogP contribution in [0.3, 0.4) is 0 Å². The molecular formula is C25H21FO5. The first-order chi connectivity index (χ1) is 15.0. The Morgan fingerprint density at radius 3 is 2.55 bits per heavy atom. The van der Waals surface area contributed by atoms with E-state index in [2.05, 4.69) is 0 Å². The summed E-state index contributed by atoms with van der Waals surface area (Å²) in [7, 11) is 3.12. The number of ether oxygens (including phenoxy) is 4. The lowest BCUT2D eigenvalue weighted by atomic mass is 10.0. The van der Waals surface area contributed by atoms with Crippen molar-refractivity contribution < 1.29 is 28.1 Å². The van der Waals surface area contributed by atoms with E-state index in [1.54, 1.807) is 68.8 Å². The molecule has 0 radical (unpaired) electrons. The van der Waals surface area contributed by atoms with Crippen molar-refractivity contribution in [2.75, 3.05) is 14.2 Å². The molecule has 4 rings (SSSR count). The van der Waals surface area contributed by atoms with Crippen LogP contribution >= 0.6 is 0 Å². The maximum absolute atomic E-state index is 13.8. The number of hydrogen-bond donors (Lipinski definition) is 0. The van der Waals surface area contributed by atoms with Crippen LogP contribution in [0.2, 0.25) is 0 Å². The lowest BCUT2D eigenvalue weighted by molar-refractivity contribution is 0.101. The van der Waals surface area contributed by atoms with E-state index < -0.39 is 0 Å². The van der Waals surface area contributed by atoms with Gasteiger partial charge in [-0.3, -0.25) is 4.79 Å². The second-order valence-electron chi connectivity index (χ2n) is 7.04. The van der Waals surface area contributed by atoms with Gasteiger partial charge in [0.25, 0.3) is 0 Å². The summed E-state index contributed by atoms with van der Waals surface area (Å²) in [6.07, 6.45) is 1.64. The molecule has 1 aliphatic heterocycles. The second kappa shape index (κ2) is 8.52. The van der Waals surface area contributed by atoms with Gasteiger partial charge in [-0.05, 0) is 42.8 Å².